The second-order valence-corrected chi connectivity index (χ2v) is 12.4. The molecule has 0 fully saturated rings. The van der Waals surface area contributed by atoms with E-state index in [0.717, 1.165) is 29.4 Å². The normalized spacial score (nSPS) is 11.3. The minimum Gasteiger partial charge on any atom is -0.493 e. The van der Waals surface area contributed by atoms with Crippen LogP contribution in [0.5, 0.6) is 11.5 Å². The molecule has 2 aromatic heterocycles. The Balaban J connectivity index is 1.35. The number of nitrogens with one attached hydrogen (secondary N) is 2. The van der Waals surface area contributed by atoms with E-state index in [0.29, 0.717) is 31.2 Å². The minimum atomic E-state index is -3.34. The molecule has 0 atom stereocenters. The number of anilines is 2. The summed E-state index contributed by atoms with van der Waals surface area (Å²) in [6, 6.07) is 9.57. The van der Waals surface area contributed by atoms with E-state index in [1.54, 1.807) is 24.3 Å². The van der Waals surface area contributed by atoms with Gasteiger partial charge in [-0.3, -0.25) is 14.9 Å². The molecular formula is C21H19N5O6S4. The molecule has 2 aromatic carbocycles. The number of carbonyl (C=O) groups excluding carboxylic acids is 2. The fraction of sp³-hybridized carbons (Fsp3) is 0.190. The number of nitrogens with zero attached hydrogens (tertiary/aromatic N) is 3. The van der Waals surface area contributed by atoms with Crippen LogP contribution in [0.25, 0.3) is 10.2 Å². The molecule has 36 heavy (non-hydrogen) atoms. The third-order valence-corrected chi connectivity index (χ3v) is 8.65. The molecule has 0 bridgehead atoms. The highest BCUT2D eigenvalue weighted by Crippen LogP contribution is 2.32. The molecule has 0 saturated heterocycles. The van der Waals surface area contributed by atoms with E-state index < -0.39 is 15.7 Å². The lowest BCUT2D eigenvalue weighted by atomic mass is 10.1. The summed E-state index contributed by atoms with van der Waals surface area (Å²) >= 11 is 3.46. The lowest BCUT2D eigenvalue weighted by Gasteiger charge is -2.11. The highest BCUT2D eigenvalue weighted by atomic mass is 32.2. The fourth-order valence-electron chi connectivity index (χ4n) is 3.02. The predicted molar refractivity (Wildman–Crippen MR) is 139 cm³/mol. The molecule has 188 valence electrons. The van der Waals surface area contributed by atoms with Gasteiger partial charge in [0.25, 0.3) is 5.91 Å². The number of thioether (sulfide) groups is 1. The number of carbonyl (C=O) groups is 2. The van der Waals surface area contributed by atoms with Crippen molar-refractivity contribution in [1.29, 1.82) is 0 Å². The van der Waals surface area contributed by atoms with Gasteiger partial charge < -0.3 is 14.8 Å². The largest absolute Gasteiger partial charge is 0.493 e. The van der Waals surface area contributed by atoms with Crippen LogP contribution in [0.4, 0.5) is 10.3 Å². The van der Waals surface area contributed by atoms with Crippen molar-refractivity contribution in [3.05, 3.63) is 42.0 Å². The quantitative estimate of drug-likeness (QED) is 0.228. The number of amides is 2. The van der Waals surface area contributed by atoms with Crippen LogP contribution in [0.1, 0.15) is 10.4 Å². The minimum absolute atomic E-state index is 0.0385. The molecule has 0 radical (unpaired) electrons. The molecule has 0 aliphatic rings. The summed E-state index contributed by atoms with van der Waals surface area (Å²) in [5, 5.41) is 13.9. The van der Waals surface area contributed by atoms with E-state index in [1.807, 2.05) is 0 Å². The van der Waals surface area contributed by atoms with Crippen molar-refractivity contribution in [2.45, 2.75) is 9.24 Å². The maximum atomic E-state index is 12.7. The molecule has 0 spiro atoms. The molecule has 2 amide bonds. The zero-order valence-electron chi connectivity index (χ0n) is 19.1. The standard InChI is InChI=1S/C21H19N5O6S4/c1-31-14-6-4-5-12(17(14)32-2)18(28)24-20-25-26-21(35-20)33-10-16(27)23-19-22-13-8-7-11(36(3,29)30)9-15(13)34-19/h4-9H,10H2,1-3H3,(H,22,23,27)(H,24,25,28). The van der Waals surface area contributed by atoms with Crippen molar-refractivity contribution in [3.63, 3.8) is 0 Å². The van der Waals surface area contributed by atoms with Gasteiger partial charge >= 0.3 is 0 Å². The summed E-state index contributed by atoms with van der Waals surface area (Å²) in [4.78, 5) is 29.6. The number of fused-ring (bicyclic) bond motifs is 1. The number of methoxy groups -OCH3 is 2. The first-order valence-corrected chi connectivity index (χ1v) is 14.6. The third-order valence-electron chi connectivity index (χ3n) is 4.64. The lowest BCUT2D eigenvalue weighted by molar-refractivity contribution is -0.113. The van der Waals surface area contributed by atoms with Crippen LogP contribution in [0.2, 0.25) is 0 Å². The number of aromatic nitrogens is 3. The smallest absolute Gasteiger partial charge is 0.261 e. The van der Waals surface area contributed by atoms with E-state index in [-0.39, 0.29) is 27.3 Å². The summed E-state index contributed by atoms with van der Waals surface area (Å²) in [6.07, 6.45) is 1.13. The number of para-hydroxylation sites is 1. The maximum Gasteiger partial charge on any atom is 0.261 e. The van der Waals surface area contributed by atoms with Gasteiger partial charge in [0, 0.05) is 6.26 Å². The molecule has 2 heterocycles. The van der Waals surface area contributed by atoms with Crippen LogP contribution in [0.15, 0.2) is 45.6 Å². The molecule has 11 nitrogen and oxygen atoms in total. The van der Waals surface area contributed by atoms with E-state index in [4.69, 9.17) is 9.47 Å². The van der Waals surface area contributed by atoms with Crippen LogP contribution in [0, 0.1) is 0 Å². The number of thiazole rings is 1. The Bertz CT molecular complexity index is 1550. The van der Waals surface area contributed by atoms with Crippen molar-refractivity contribution < 1.29 is 27.5 Å². The average Bonchev–Trinajstić information content (AvgIpc) is 3.46. The molecule has 0 aliphatic heterocycles. The number of sulfone groups is 1. The van der Waals surface area contributed by atoms with Crippen molar-refractivity contribution >= 4 is 76.6 Å². The number of hydrogen-bond acceptors (Lipinski definition) is 12. The molecule has 15 heteroatoms. The van der Waals surface area contributed by atoms with Gasteiger partial charge in [0.05, 0.1) is 40.6 Å². The van der Waals surface area contributed by atoms with E-state index >= 15 is 0 Å². The van der Waals surface area contributed by atoms with E-state index in [1.165, 1.54) is 37.7 Å². The average molecular weight is 566 g/mol. The predicted octanol–water partition coefficient (Wildman–Crippen LogP) is 3.55. The summed E-state index contributed by atoms with van der Waals surface area (Å²) < 4.78 is 35.1. The van der Waals surface area contributed by atoms with Crippen LogP contribution < -0.4 is 20.1 Å². The van der Waals surface area contributed by atoms with Gasteiger partial charge in [-0.15, -0.1) is 10.2 Å². The van der Waals surface area contributed by atoms with Crippen LogP contribution >= 0.6 is 34.4 Å². The van der Waals surface area contributed by atoms with Gasteiger partial charge in [0.2, 0.25) is 11.0 Å². The van der Waals surface area contributed by atoms with E-state index in [9.17, 15) is 18.0 Å². The fourth-order valence-corrected chi connectivity index (χ4v) is 6.21. The molecular weight excluding hydrogens is 547 g/mol. The van der Waals surface area contributed by atoms with Gasteiger partial charge in [-0.25, -0.2) is 13.4 Å². The third kappa shape index (κ3) is 5.92. The molecule has 0 aliphatic carbocycles. The summed E-state index contributed by atoms with van der Waals surface area (Å²) in [5.41, 5.74) is 0.868. The molecule has 0 saturated carbocycles. The zero-order chi connectivity index (χ0) is 25.9. The number of hydrogen-bond donors (Lipinski definition) is 2. The summed E-state index contributed by atoms with van der Waals surface area (Å²) in [7, 11) is -0.411. The first-order valence-electron chi connectivity index (χ1n) is 10.1. The Morgan fingerprint density at radius 1 is 1.03 bits per heavy atom. The van der Waals surface area contributed by atoms with Crippen molar-refractivity contribution in [2.75, 3.05) is 36.9 Å². The molecule has 4 aromatic rings. The lowest BCUT2D eigenvalue weighted by Crippen LogP contribution is -2.13. The second-order valence-electron chi connectivity index (χ2n) is 7.13. The van der Waals surface area contributed by atoms with Gasteiger partial charge in [0.1, 0.15) is 0 Å². The Labute approximate surface area is 218 Å². The Hall–Kier alpha value is -3.27. The second kappa shape index (κ2) is 10.8. The van der Waals surface area contributed by atoms with Gasteiger partial charge in [0.15, 0.2) is 30.8 Å². The Morgan fingerprint density at radius 2 is 1.83 bits per heavy atom. The molecule has 4 rings (SSSR count). The van der Waals surface area contributed by atoms with Gasteiger partial charge in [-0.2, -0.15) is 0 Å². The highest BCUT2D eigenvalue weighted by Gasteiger charge is 2.19. The van der Waals surface area contributed by atoms with Crippen molar-refractivity contribution in [1.82, 2.24) is 15.2 Å². The van der Waals surface area contributed by atoms with Crippen LogP contribution in [-0.4, -0.2) is 61.6 Å². The van der Waals surface area contributed by atoms with Gasteiger partial charge in [-0.05, 0) is 30.3 Å². The number of rotatable bonds is 9. The van der Waals surface area contributed by atoms with Gasteiger partial charge in [-0.1, -0.05) is 40.5 Å². The van der Waals surface area contributed by atoms with Crippen LogP contribution in [-0.2, 0) is 14.6 Å². The zero-order valence-corrected chi connectivity index (χ0v) is 22.4. The maximum absolute atomic E-state index is 12.7. The Kier molecular flexibility index (Phi) is 7.73. The van der Waals surface area contributed by atoms with Crippen molar-refractivity contribution in [3.8, 4) is 11.5 Å². The summed E-state index contributed by atoms with van der Waals surface area (Å²) in [6.45, 7) is 0. The molecule has 0 unspecified atom stereocenters. The summed E-state index contributed by atoms with van der Waals surface area (Å²) in [5.74, 6) is 0.0104. The topological polar surface area (TPSA) is 149 Å². The first kappa shape index (κ1) is 25.8. The Morgan fingerprint density at radius 3 is 2.56 bits per heavy atom. The number of benzene rings is 2. The molecule has 2 N–H and O–H groups in total. The number of ether oxygens (including phenoxy) is 2. The van der Waals surface area contributed by atoms with E-state index in [2.05, 4.69) is 25.8 Å². The highest BCUT2D eigenvalue weighted by molar-refractivity contribution is 8.01. The first-order chi connectivity index (χ1) is 17.2. The monoisotopic (exact) mass is 565 g/mol. The SMILES string of the molecule is COc1cccc(C(=O)Nc2nnc(SCC(=O)Nc3nc4ccc(S(C)(=O)=O)cc4s3)s2)c1OC. The van der Waals surface area contributed by atoms with Crippen LogP contribution in [0.3, 0.4) is 0 Å². The van der Waals surface area contributed by atoms with Crippen molar-refractivity contribution in [2.24, 2.45) is 0 Å².